The zero-order valence-corrected chi connectivity index (χ0v) is 10.2. The molecule has 2 nitrogen and oxygen atoms in total. The Morgan fingerprint density at radius 1 is 1.82 bits per heavy atom. The fourth-order valence-corrected chi connectivity index (χ4v) is 0.503. The molecule has 0 bridgehead atoms. The Morgan fingerprint density at radius 3 is 2.55 bits per heavy atom. The summed E-state index contributed by atoms with van der Waals surface area (Å²) in [7, 11) is 0. The molecule has 0 aromatic carbocycles. The first-order valence-corrected chi connectivity index (χ1v) is 3.70. The predicted molar refractivity (Wildman–Crippen MR) is 47.4 cm³/mol. The first kappa shape index (κ1) is 14.1. The van der Waals surface area contributed by atoms with Gasteiger partial charge < -0.3 is 6.74 Å². The van der Waals surface area contributed by atoms with Crippen molar-refractivity contribution in [2.45, 2.75) is 19.4 Å². The molecule has 0 atom stereocenters. The monoisotopic (exact) mass is 183 g/mol. The van der Waals surface area contributed by atoms with E-state index >= 15 is 0 Å². The first-order valence-electron chi connectivity index (χ1n) is 3.07. The fourth-order valence-electron chi connectivity index (χ4n) is 0.424. The molecule has 1 amide bonds. The Balaban J connectivity index is -0.000000405. The van der Waals surface area contributed by atoms with Crippen LogP contribution in [0.5, 0.6) is 0 Å². The molecule has 0 aliphatic rings. The Labute approximate surface area is 97.0 Å². The molecule has 0 spiro atoms. The van der Waals surface area contributed by atoms with Gasteiger partial charge >= 0.3 is 29.6 Å². The van der Waals surface area contributed by atoms with Crippen molar-refractivity contribution < 1.29 is 35.8 Å². The van der Waals surface area contributed by atoms with E-state index in [0.29, 0.717) is 5.75 Å². The minimum atomic E-state index is -0.242. The van der Waals surface area contributed by atoms with Gasteiger partial charge in [0, 0.05) is 11.3 Å². The van der Waals surface area contributed by atoms with E-state index in [2.05, 4.69) is 24.5 Å². The average molecular weight is 183 g/mol. The van der Waals surface area contributed by atoms with E-state index in [1.807, 2.05) is 13.8 Å². The van der Waals surface area contributed by atoms with E-state index in [1.54, 1.807) is 0 Å². The summed E-state index contributed by atoms with van der Waals surface area (Å²) in [6, 6.07) is 0. The average Bonchev–Trinajstić information content (AvgIpc) is 1.87. The zero-order valence-electron chi connectivity index (χ0n) is 8.35. The van der Waals surface area contributed by atoms with Gasteiger partial charge in [0.2, 0.25) is 5.91 Å². The molecule has 0 aromatic rings. The maximum absolute atomic E-state index is 10.7. The number of hydrogen-bond acceptors (Lipinski definition) is 2. The number of rotatable bonds is 3. The molecule has 0 saturated carbocycles. The molecular formula is C7H14NNaOS. The van der Waals surface area contributed by atoms with Crippen LogP contribution in [-0.4, -0.2) is 17.2 Å². The maximum atomic E-state index is 10.7. The van der Waals surface area contributed by atoms with E-state index in [4.69, 9.17) is 0 Å². The number of carbonyl (C=O) groups excluding carboxylic acids is 1. The predicted octanol–water partition coefficient (Wildman–Crippen LogP) is -1.89. The second-order valence-electron chi connectivity index (χ2n) is 2.74. The van der Waals surface area contributed by atoms with Crippen molar-refractivity contribution in [3.05, 3.63) is 12.7 Å². The molecule has 4 heteroatoms. The summed E-state index contributed by atoms with van der Waals surface area (Å²) in [5.41, 5.74) is -0.242. The molecular weight excluding hydrogens is 169 g/mol. The summed E-state index contributed by atoms with van der Waals surface area (Å²) in [6.45, 7) is 7.15. The molecule has 11 heavy (non-hydrogen) atoms. The van der Waals surface area contributed by atoms with Gasteiger partial charge in [-0.1, -0.05) is 6.58 Å². The quantitative estimate of drug-likeness (QED) is 0.299. The minimum absolute atomic E-state index is 0. The smallest absolute Gasteiger partial charge is 1.00 e. The molecule has 0 saturated heterocycles. The zero-order chi connectivity index (χ0) is 8.20. The molecule has 0 heterocycles. The normalized spacial score (nSPS) is 9.73. The summed E-state index contributed by atoms with van der Waals surface area (Å²) < 4.78 is 0. The van der Waals surface area contributed by atoms with E-state index in [9.17, 15) is 4.79 Å². The Bertz CT molecular complexity index is 152. The van der Waals surface area contributed by atoms with Crippen LogP contribution < -0.4 is 34.9 Å². The molecule has 60 valence electrons. The van der Waals surface area contributed by atoms with Crippen LogP contribution in [-0.2, 0) is 4.79 Å². The number of carbonyl (C=O) groups is 1. The largest absolute Gasteiger partial charge is 1.00 e. The summed E-state index contributed by atoms with van der Waals surface area (Å²) in [5, 5.41) is 2.72. The molecule has 0 aromatic heterocycles. The topological polar surface area (TPSA) is 29.1 Å². The summed E-state index contributed by atoms with van der Waals surface area (Å²) in [4.78, 5) is 10.7. The van der Waals surface area contributed by atoms with Gasteiger partial charge in [0.1, 0.15) is 0 Å². The van der Waals surface area contributed by atoms with Crippen LogP contribution in [0.1, 0.15) is 15.3 Å². The minimum Gasteiger partial charge on any atom is -1.00 e. The van der Waals surface area contributed by atoms with E-state index < -0.39 is 0 Å². The van der Waals surface area contributed by atoms with Crippen molar-refractivity contribution in [2.24, 2.45) is 0 Å². The van der Waals surface area contributed by atoms with Crippen molar-refractivity contribution in [2.75, 3.05) is 5.75 Å². The third-order valence-electron chi connectivity index (χ3n) is 1.04. The molecule has 0 radical (unpaired) electrons. The van der Waals surface area contributed by atoms with Crippen LogP contribution in [0.4, 0.5) is 0 Å². The van der Waals surface area contributed by atoms with Gasteiger partial charge in [-0.05, 0) is 19.9 Å². The van der Waals surface area contributed by atoms with Gasteiger partial charge in [-0.25, -0.2) is 0 Å². The Hall–Kier alpha value is 0.560. The van der Waals surface area contributed by atoms with Crippen molar-refractivity contribution >= 4 is 18.5 Å². The van der Waals surface area contributed by atoms with Crippen LogP contribution in [0.15, 0.2) is 12.7 Å². The number of amides is 1. The van der Waals surface area contributed by atoms with Crippen LogP contribution in [0, 0.1) is 0 Å². The van der Waals surface area contributed by atoms with Gasteiger partial charge in [-0.3, -0.25) is 4.79 Å². The van der Waals surface area contributed by atoms with Gasteiger partial charge in [0.15, 0.2) is 0 Å². The van der Waals surface area contributed by atoms with Crippen LogP contribution in [0.25, 0.3) is 0 Å². The van der Waals surface area contributed by atoms with Gasteiger partial charge in [0.25, 0.3) is 0 Å². The van der Waals surface area contributed by atoms with Crippen LogP contribution in [0.3, 0.4) is 0 Å². The summed E-state index contributed by atoms with van der Waals surface area (Å²) in [6.07, 6.45) is 1.26. The van der Waals surface area contributed by atoms with Crippen molar-refractivity contribution in [3.8, 4) is 0 Å². The van der Waals surface area contributed by atoms with E-state index in [-0.39, 0.29) is 42.4 Å². The number of hydrogen-bond donors (Lipinski definition) is 2. The molecule has 0 aliphatic carbocycles. The van der Waals surface area contributed by atoms with Gasteiger partial charge in [-0.2, -0.15) is 12.6 Å². The maximum Gasteiger partial charge on any atom is 1.00 e. The fraction of sp³-hybridized carbons (Fsp3) is 0.571. The van der Waals surface area contributed by atoms with Crippen molar-refractivity contribution in [3.63, 3.8) is 0 Å². The molecule has 0 rings (SSSR count). The van der Waals surface area contributed by atoms with E-state index in [0.717, 1.165) is 0 Å². The number of nitrogens with one attached hydrogen (secondary N) is 1. The molecule has 0 fully saturated rings. The second-order valence-corrected chi connectivity index (χ2v) is 3.05. The summed E-state index contributed by atoms with van der Waals surface area (Å²) >= 11 is 4.07. The van der Waals surface area contributed by atoms with E-state index in [1.165, 1.54) is 6.08 Å². The molecule has 0 unspecified atom stereocenters. The second kappa shape index (κ2) is 6.12. The van der Waals surface area contributed by atoms with Gasteiger partial charge in [0.05, 0.1) is 0 Å². The van der Waals surface area contributed by atoms with Crippen molar-refractivity contribution in [1.29, 1.82) is 0 Å². The third-order valence-corrected chi connectivity index (χ3v) is 1.83. The van der Waals surface area contributed by atoms with Crippen LogP contribution in [0.2, 0.25) is 0 Å². The Kier molecular flexibility index (Phi) is 7.84. The third kappa shape index (κ3) is 6.94. The van der Waals surface area contributed by atoms with Gasteiger partial charge in [-0.15, -0.1) is 0 Å². The van der Waals surface area contributed by atoms with Crippen LogP contribution >= 0.6 is 12.6 Å². The first-order chi connectivity index (χ1) is 4.52. The Morgan fingerprint density at radius 2 is 2.27 bits per heavy atom. The number of thiol groups is 1. The standard InChI is InChI=1S/C7H13NOS.Na.H/c1-4-6(9)8-7(2,3)5-10;;/h4,10H,1,5H2,2-3H3,(H,8,9);;/q;+1;-1. The summed E-state index contributed by atoms with van der Waals surface area (Å²) in [5.74, 6) is 0.464. The molecule has 0 aliphatic heterocycles. The SMILES string of the molecule is C=CC(=O)NC(C)(C)CS.[H-].[Na+]. The molecule has 1 N–H and O–H groups in total. The van der Waals surface area contributed by atoms with Crippen molar-refractivity contribution in [1.82, 2.24) is 5.32 Å².